The van der Waals surface area contributed by atoms with Crippen molar-refractivity contribution in [2.75, 3.05) is 20.2 Å². The van der Waals surface area contributed by atoms with Crippen molar-refractivity contribution in [3.63, 3.8) is 0 Å². The van der Waals surface area contributed by atoms with E-state index in [1.807, 2.05) is 43.0 Å². The Morgan fingerprint density at radius 1 is 1.38 bits per heavy atom. The number of rotatable bonds is 7. The predicted molar refractivity (Wildman–Crippen MR) is 93.9 cm³/mol. The van der Waals surface area contributed by atoms with E-state index in [1.165, 1.54) is 7.11 Å². The van der Waals surface area contributed by atoms with Gasteiger partial charge in [0.2, 0.25) is 5.91 Å². The minimum atomic E-state index is -0.508. The zero-order chi connectivity index (χ0) is 17.7. The number of nitrogens with zero attached hydrogens (tertiary/aromatic N) is 1. The summed E-state index contributed by atoms with van der Waals surface area (Å²) >= 11 is 5.96. The van der Waals surface area contributed by atoms with Gasteiger partial charge >= 0.3 is 5.97 Å². The van der Waals surface area contributed by atoms with E-state index in [9.17, 15) is 9.59 Å². The number of hydrogen-bond donors (Lipinski definition) is 1. The van der Waals surface area contributed by atoms with Crippen LogP contribution >= 0.6 is 11.6 Å². The summed E-state index contributed by atoms with van der Waals surface area (Å²) in [5, 5.41) is 3.89. The van der Waals surface area contributed by atoms with Gasteiger partial charge in [0.05, 0.1) is 18.7 Å². The summed E-state index contributed by atoms with van der Waals surface area (Å²) in [5.41, 5.74) is 0.514. The number of benzene rings is 1. The molecule has 0 spiro atoms. The summed E-state index contributed by atoms with van der Waals surface area (Å²) in [4.78, 5) is 26.2. The molecule has 1 aromatic carbocycles. The molecule has 0 bridgehead atoms. The second kappa shape index (κ2) is 7.99. The first-order valence-corrected chi connectivity index (χ1v) is 8.63. The standard InChI is InChI=1S/C18H25ClN2O3/c1-13(14-6-8-15(19)9-7-14)21(12-4-5-16(22)24-3)17(23)18(2)10-11-20-18/h6-9,13,20H,4-5,10-12H2,1-3H3/t13-,18?/m1/s1. The molecule has 1 saturated heterocycles. The van der Waals surface area contributed by atoms with Crippen LogP contribution in [0.25, 0.3) is 0 Å². The van der Waals surface area contributed by atoms with Crippen LogP contribution in [0, 0.1) is 0 Å². The van der Waals surface area contributed by atoms with E-state index in [2.05, 4.69) is 10.1 Å². The number of halogens is 1. The maximum atomic E-state index is 13.0. The lowest BCUT2D eigenvalue weighted by Gasteiger charge is -2.44. The van der Waals surface area contributed by atoms with Crippen molar-refractivity contribution < 1.29 is 14.3 Å². The van der Waals surface area contributed by atoms with Crippen LogP contribution in [0.3, 0.4) is 0 Å². The highest BCUT2D eigenvalue weighted by Crippen LogP contribution is 2.28. The lowest BCUT2D eigenvalue weighted by atomic mass is 9.87. The van der Waals surface area contributed by atoms with Crippen molar-refractivity contribution in [2.45, 2.75) is 44.7 Å². The molecule has 1 aromatic rings. The molecule has 0 aliphatic carbocycles. The van der Waals surface area contributed by atoms with Gasteiger partial charge in [0.1, 0.15) is 0 Å². The van der Waals surface area contributed by atoms with E-state index in [1.54, 1.807) is 0 Å². The van der Waals surface area contributed by atoms with E-state index < -0.39 is 5.54 Å². The summed E-state index contributed by atoms with van der Waals surface area (Å²) in [6.45, 7) is 5.30. The van der Waals surface area contributed by atoms with Crippen LogP contribution in [0.15, 0.2) is 24.3 Å². The van der Waals surface area contributed by atoms with Gasteiger partial charge in [-0.05, 0) is 50.9 Å². The summed E-state index contributed by atoms with van der Waals surface area (Å²) in [7, 11) is 1.38. The predicted octanol–water partition coefficient (Wildman–Crippen LogP) is 2.93. The maximum absolute atomic E-state index is 13.0. The summed E-state index contributed by atoms with van der Waals surface area (Å²) in [6, 6.07) is 7.43. The van der Waals surface area contributed by atoms with Crippen molar-refractivity contribution in [3.05, 3.63) is 34.9 Å². The zero-order valence-electron chi connectivity index (χ0n) is 14.5. The van der Waals surface area contributed by atoms with Crippen molar-refractivity contribution in [1.29, 1.82) is 0 Å². The number of esters is 1. The van der Waals surface area contributed by atoms with E-state index in [4.69, 9.17) is 11.6 Å². The molecule has 0 aromatic heterocycles. The first-order valence-electron chi connectivity index (χ1n) is 8.26. The topological polar surface area (TPSA) is 58.6 Å². The number of nitrogens with one attached hydrogen (secondary N) is 1. The van der Waals surface area contributed by atoms with Gasteiger partial charge in [-0.15, -0.1) is 0 Å². The van der Waals surface area contributed by atoms with Crippen molar-refractivity contribution >= 4 is 23.5 Å². The van der Waals surface area contributed by atoms with Gasteiger partial charge in [-0.2, -0.15) is 0 Å². The van der Waals surface area contributed by atoms with Crippen LogP contribution in [-0.4, -0.2) is 42.5 Å². The second-order valence-electron chi connectivity index (χ2n) is 6.41. The Kier molecular flexibility index (Phi) is 6.24. The highest BCUT2D eigenvalue weighted by molar-refractivity contribution is 6.30. The normalized spacial score (nSPS) is 20.8. The number of carbonyl (C=O) groups is 2. The van der Waals surface area contributed by atoms with Crippen LogP contribution in [0.1, 0.15) is 44.7 Å². The molecule has 2 atom stereocenters. The van der Waals surface area contributed by atoms with E-state index in [0.717, 1.165) is 18.5 Å². The highest BCUT2D eigenvalue weighted by atomic mass is 35.5. The lowest BCUT2D eigenvalue weighted by molar-refractivity contribution is -0.145. The number of amides is 1. The van der Waals surface area contributed by atoms with Gasteiger partial charge in [0.25, 0.3) is 0 Å². The summed E-state index contributed by atoms with van der Waals surface area (Å²) in [6.07, 6.45) is 1.71. The molecular formula is C18H25ClN2O3. The Hall–Kier alpha value is -1.59. The Balaban J connectivity index is 2.13. The molecular weight excluding hydrogens is 328 g/mol. The van der Waals surface area contributed by atoms with Gasteiger partial charge in [0, 0.05) is 18.0 Å². The summed E-state index contributed by atoms with van der Waals surface area (Å²) < 4.78 is 4.68. The third-order valence-electron chi connectivity index (χ3n) is 4.70. The zero-order valence-corrected chi connectivity index (χ0v) is 15.2. The largest absolute Gasteiger partial charge is 0.469 e. The maximum Gasteiger partial charge on any atom is 0.305 e. The van der Waals surface area contributed by atoms with E-state index in [0.29, 0.717) is 24.4 Å². The van der Waals surface area contributed by atoms with Crippen molar-refractivity contribution in [3.8, 4) is 0 Å². The first-order chi connectivity index (χ1) is 11.4. The molecule has 1 aliphatic heterocycles. The lowest BCUT2D eigenvalue weighted by Crippen LogP contribution is -2.64. The number of ether oxygens (including phenoxy) is 1. The number of hydrogen-bond acceptors (Lipinski definition) is 4. The van der Waals surface area contributed by atoms with Crippen LogP contribution in [-0.2, 0) is 14.3 Å². The minimum Gasteiger partial charge on any atom is -0.469 e. The molecule has 0 saturated carbocycles. The van der Waals surface area contributed by atoms with Crippen LogP contribution in [0.2, 0.25) is 5.02 Å². The molecule has 1 fully saturated rings. The third-order valence-corrected chi connectivity index (χ3v) is 4.95. The molecule has 0 radical (unpaired) electrons. The molecule has 1 amide bonds. The highest BCUT2D eigenvalue weighted by Gasteiger charge is 2.42. The fraction of sp³-hybridized carbons (Fsp3) is 0.556. The summed E-state index contributed by atoms with van der Waals surface area (Å²) in [5.74, 6) is -0.185. The molecule has 1 heterocycles. The molecule has 24 heavy (non-hydrogen) atoms. The first kappa shape index (κ1) is 18.7. The number of carbonyl (C=O) groups excluding carboxylic acids is 2. The number of methoxy groups -OCH3 is 1. The van der Waals surface area contributed by atoms with Gasteiger partial charge in [-0.1, -0.05) is 23.7 Å². The second-order valence-corrected chi connectivity index (χ2v) is 6.85. The quantitative estimate of drug-likeness (QED) is 0.766. The van der Waals surface area contributed by atoms with Gasteiger partial charge < -0.3 is 15.0 Å². The van der Waals surface area contributed by atoms with Crippen molar-refractivity contribution in [2.24, 2.45) is 0 Å². The van der Waals surface area contributed by atoms with Crippen LogP contribution in [0.4, 0.5) is 0 Å². The average molecular weight is 353 g/mol. The molecule has 132 valence electrons. The SMILES string of the molecule is COC(=O)CCCN(C(=O)C1(C)CCN1)[C@H](C)c1ccc(Cl)cc1. The van der Waals surface area contributed by atoms with E-state index >= 15 is 0 Å². The molecule has 1 unspecified atom stereocenters. The molecule has 2 rings (SSSR count). The smallest absolute Gasteiger partial charge is 0.305 e. The fourth-order valence-electron chi connectivity index (χ4n) is 2.89. The molecule has 6 heteroatoms. The van der Waals surface area contributed by atoms with Crippen LogP contribution in [0.5, 0.6) is 0 Å². The fourth-order valence-corrected chi connectivity index (χ4v) is 3.01. The monoisotopic (exact) mass is 352 g/mol. The van der Waals surface area contributed by atoms with Crippen LogP contribution < -0.4 is 5.32 Å². The third kappa shape index (κ3) is 4.28. The Morgan fingerprint density at radius 3 is 2.50 bits per heavy atom. The Morgan fingerprint density at radius 2 is 2.00 bits per heavy atom. The average Bonchev–Trinajstić information content (AvgIpc) is 2.55. The van der Waals surface area contributed by atoms with Gasteiger partial charge in [0.15, 0.2) is 0 Å². The van der Waals surface area contributed by atoms with E-state index in [-0.39, 0.29) is 17.9 Å². The van der Waals surface area contributed by atoms with Crippen molar-refractivity contribution in [1.82, 2.24) is 10.2 Å². The molecule has 1 N–H and O–H groups in total. The Labute approximate surface area is 148 Å². The molecule has 5 nitrogen and oxygen atoms in total. The molecule has 1 aliphatic rings. The Bertz CT molecular complexity index is 584. The minimum absolute atomic E-state index is 0.0704. The van der Waals surface area contributed by atoms with Gasteiger partial charge in [-0.25, -0.2) is 0 Å². The van der Waals surface area contributed by atoms with Gasteiger partial charge in [-0.3, -0.25) is 9.59 Å².